The van der Waals surface area contributed by atoms with Crippen LogP contribution in [-0.4, -0.2) is 20.3 Å². The smallest absolute Gasteiger partial charge is 0.254 e. The lowest BCUT2D eigenvalue weighted by Crippen LogP contribution is -1.97. The molecule has 92 valence electrons. The van der Waals surface area contributed by atoms with Crippen molar-refractivity contribution in [3.63, 3.8) is 0 Å². The topological polar surface area (TPSA) is 47.9 Å². The summed E-state index contributed by atoms with van der Waals surface area (Å²) in [6.07, 6.45) is 5.06. The largest absolute Gasteiger partial charge is 0.474 e. The Balaban J connectivity index is 2.00. The molecule has 5 heteroatoms. The van der Waals surface area contributed by atoms with Crippen LogP contribution in [0.15, 0.2) is 24.5 Å². The van der Waals surface area contributed by atoms with Gasteiger partial charge in [0.2, 0.25) is 0 Å². The second kappa shape index (κ2) is 6.72. The highest BCUT2D eigenvalue weighted by Gasteiger charge is 2.11. The monoisotopic (exact) mass is 259 g/mol. The molecule has 2 rings (SSSR count). The fourth-order valence-electron chi connectivity index (χ4n) is 1.37. The zero-order chi connectivity index (χ0) is 12.6. The van der Waals surface area contributed by atoms with Crippen molar-refractivity contribution in [1.29, 1.82) is 0 Å². The Bertz CT molecular complexity index is 542. The molecule has 0 fully saturated rings. The third-order valence-electron chi connectivity index (χ3n) is 2.16. The lowest BCUT2D eigenvalue weighted by molar-refractivity contribution is 0.318. The first-order valence-electron chi connectivity index (χ1n) is 5.73. The predicted molar refractivity (Wildman–Crippen MR) is 71.3 cm³/mol. The fraction of sp³-hybridized carbons (Fsp3) is 0.308. The van der Waals surface area contributed by atoms with Crippen LogP contribution in [0, 0.1) is 11.8 Å². The SMILES string of the molecule is CCC#CCCOc1nsnc1-c1cccnc1. The number of rotatable bonds is 4. The van der Waals surface area contributed by atoms with Gasteiger partial charge < -0.3 is 4.74 Å². The van der Waals surface area contributed by atoms with Crippen LogP contribution in [0.3, 0.4) is 0 Å². The summed E-state index contributed by atoms with van der Waals surface area (Å²) in [5.74, 6) is 6.59. The van der Waals surface area contributed by atoms with E-state index in [1.807, 2.05) is 19.1 Å². The molecule has 0 atom stereocenters. The van der Waals surface area contributed by atoms with Gasteiger partial charge in [0.1, 0.15) is 12.3 Å². The predicted octanol–water partition coefficient (Wildman–Crippen LogP) is 2.78. The minimum Gasteiger partial charge on any atom is -0.474 e. The first kappa shape index (κ1) is 12.5. The van der Waals surface area contributed by atoms with E-state index in [0.717, 1.165) is 29.4 Å². The summed E-state index contributed by atoms with van der Waals surface area (Å²) in [5, 5.41) is 0. The van der Waals surface area contributed by atoms with Gasteiger partial charge in [0.25, 0.3) is 5.88 Å². The Kier molecular flexibility index (Phi) is 4.68. The zero-order valence-corrected chi connectivity index (χ0v) is 10.9. The van der Waals surface area contributed by atoms with Crippen LogP contribution in [0.4, 0.5) is 0 Å². The molecule has 2 aromatic rings. The van der Waals surface area contributed by atoms with E-state index in [1.165, 1.54) is 0 Å². The van der Waals surface area contributed by atoms with E-state index >= 15 is 0 Å². The zero-order valence-electron chi connectivity index (χ0n) is 10.1. The Morgan fingerprint density at radius 3 is 3.06 bits per heavy atom. The number of aromatic nitrogens is 3. The number of nitrogens with zero attached hydrogens (tertiary/aromatic N) is 3. The normalized spacial score (nSPS) is 9.61. The number of pyridine rings is 1. The molecule has 0 unspecified atom stereocenters. The highest BCUT2D eigenvalue weighted by atomic mass is 32.1. The van der Waals surface area contributed by atoms with Crippen LogP contribution in [0.2, 0.25) is 0 Å². The molecule has 0 amide bonds. The lowest BCUT2D eigenvalue weighted by atomic mass is 10.2. The van der Waals surface area contributed by atoms with E-state index in [2.05, 4.69) is 25.6 Å². The van der Waals surface area contributed by atoms with Crippen molar-refractivity contribution < 1.29 is 4.74 Å². The van der Waals surface area contributed by atoms with E-state index in [0.29, 0.717) is 18.9 Å². The molecule has 0 bridgehead atoms. The van der Waals surface area contributed by atoms with Crippen LogP contribution >= 0.6 is 11.7 Å². The fourth-order valence-corrected chi connectivity index (χ4v) is 1.89. The molecule has 0 spiro atoms. The van der Waals surface area contributed by atoms with Crippen molar-refractivity contribution in [1.82, 2.24) is 13.7 Å². The van der Waals surface area contributed by atoms with Crippen LogP contribution in [-0.2, 0) is 0 Å². The Labute approximate surface area is 110 Å². The Hall–Kier alpha value is -1.93. The maximum Gasteiger partial charge on any atom is 0.254 e. The summed E-state index contributed by atoms with van der Waals surface area (Å²) in [5.41, 5.74) is 1.66. The van der Waals surface area contributed by atoms with Crippen molar-refractivity contribution in [2.24, 2.45) is 0 Å². The van der Waals surface area contributed by atoms with Gasteiger partial charge in [-0.05, 0) is 12.1 Å². The van der Waals surface area contributed by atoms with E-state index in [1.54, 1.807) is 12.4 Å². The van der Waals surface area contributed by atoms with Gasteiger partial charge in [-0.3, -0.25) is 4.98 Å². The first-order chi connectivity index (χ1) is 8.92. The molecule has 2 heterocycles. The van der Waals surface area contributed by atoms with Gasteiger partial charge in [-0.25, -0.2) is 0 Å². The van der Waals surface area contributed by atoms with Gasteiger partial charge in [0, 0.05) is 30.8 Å². The van der Waals surface area contributed by atoms with Crippen LogP contribution < -0.4 is 4.74 Å². The number of hydrogen-bond acceptors (Lipinski definition) is 5. The summed E-state index contributed by atoms with van der Waals surface area (Å²) >= 11 is 1.14. The summed E-state index contributed by atoms with van der Waals surface area (Å²) in [6, 6.07) is 3.80. The van der Waals surface area contributed by atoms with Crippen LogP contribution in [0.5, 0.6) is 5.88 Å². The van der Waals surface area contributed by atoms with Crippen molar-refractivity contribution in [2.75, 3.05) is 6.61 Å². The highest BCUT2D eigenvalue weighted by molar-refractivity contribution is 6.99. The minimum absolute atomic E-state index is 0.533. The van der Waals surface area contributed by atoms with Crippen molar-refractivity contribution in [3.05, 3.63) is 24.5 Å². The Morgan fingerprint density at radius 1 is 1.33 bits per heavy atom. The van der Waals surface area contributed by atoms with Crippen LogP contribution in [0.1, 0.15) is 19.8 Å². The number of ether oxygens (including phenoxy) is 1. The van der Waals surface area contributed by atoms with E-state index in [-0.39, 0.29) is 0 Å². The molecule has 18 heavy (non-hydrogen) atoms. The summed E-state index contributed by atoms with van der Waals surface area (Å²) < 4.78 is 14.0. The molecule has 0 N–H and O–H groups in total. The van der Waals surface area contributed by atoms with Crippen LogP contribution in [0.25, 0.3) is 11.3 Å². The van der Waals surface area contributed by atoms with Crippen molar-refractivity contribution in [3.8, 4) is 29.0 Å². The average Bonchev–Trinajstić information content (AvgIpc) is 2.88. The third-order valence-corrected chi connectivity index (χ3v) is 2.67. The van der Waals surface area contributed by atoms with Gasteiger partial charge in [-0.1, -0.05) is 12.8 Å². The van der Waals surface area contributed by atoms with Crippen molar-refractivity contribution >= 4 is 11.7 Å². The summed E-state index contributed by atoms with van der Waals surface area (Å²) in [4.78, 5) is 4.06. The molecule has 2 aromatic heterocycles. The molecule has 0 radical (unpaired) electrons. The lowest BCUT2D eigenvalue weighted by Gasteiger charge is -2.02. The maximum atomic E-state index is 5.58. The van der Waals surface area contributed by atoms with Gasteiger partial charge in [0.15, 0.2) is 0 Å². The molecule has 0 aromatic carbocycles. The molecule has 0 aliphatic carbocycles. The molecule has 4 nitrogen and oxygen atoms in total. The van der Waals surface area contributed by atoms with E-state index in [9.17, 15) is 0 Å². The third kappa shape index (κ3) is 3.28. The first-order valence-corrected chi connectivity index (χ1v) is 6.46. The van der Waals surface area contributed by atoms with Gasteiger partial charge in [0.05, 0.1) is 11.7 Å². The summed E-state index contributed by atoms with van der Waals surface area (Å²) in [6.45, 7) is 2.56. The molecule has 0 saturated heterocycles. The molecule has 0 saturated carbocycles. The molecular weight excluding hydrogens is 246 g/mol. The molecule has 0 aliphatic rings. The van der Waals surface area contributed by atoms with Gasteiger partial charge in [-0.2, -0.15) is 4.37 Å². The minimum atomic E-state index is 0.533. The number of hydrogen-bond donors (Lipinski definition) is 0. The van der Waals surface area contributed by atoms with E-state index in [4.69, 9.17) is 4.74 Å². The van der Waals surface area contributed by atoms with E-state index < -0.39 is 0 Å². The molecule has 0 aliphatic heterocycles. The van der Waals surface area contributed by atoms with Gasteiger partial charge in [-0.15, -0.1) is 10.3 Å². The van der Waals surface area contributed by atoms with Crippen molar-refractivity contribution in [2.45, 2.75) is 19.8 Å². The second-order valence-corrected chi connectivity index (χ2v) is 3.99. The van der Waals surface area contributed by atoms with Gasteiger partial charge >= 0.3 is 0 Å². The average molecular weight is 259 g/mol. The standard InChI is InChI=1S/C13H13N3OS/c1-2-3-4-5-9-17-13-12(15-18-16-13)11-7-6-8-14-10-11/h6-8,10H,2,5,9H2,1H3. The summed E-state index contributed by atoms with van der Waals surface area (Å²) in [7, 11) is 0. The maximum absolute atomic E-state index is 5.58. The second-order valence-electron chi connectivity index (χ2n) is 3.47. The Morgan fingerprint density at radius 2 is 2.28 bits per heavy atom. The highest BCUT2D eigenvalue weighted by Crippen LogP contribution is 2.26. The quantitative estimate of drug-likeness (QED) is 0.625. The molecular formula is C13H13N3OS.